The monoisotopic (exact) mass is 339 g/mol. The number of ether oxygens (including phenoxy) is 2. The molecule has 0 aliphatic heterocycles. The van der Waals surface area contributed by atoms with Gasteiger partial charge in [0.2, 0.25) is 0 Å². The number of carbonyl (C=O) groups is 2. The van der Waals surface area contributed by atoms with Crippen molar-refractivity contribution in [1.29, 1.82) is 0 Å². The molecule has 1 heterocycles. The van der Waals surface area contributed by atoms with Gasteiger partial charge < -0.3 is 9.47 Å². The van der Waals surface area contributed by atoms with Crippen molar-refractivity contribution in [3.05, 3.63) is 16.0 Å². The third kappa shape index (κ3) is 3.52. The molecule has 1 aliphatic rings. The second-order valence-electron chi connectivity index (χ2n) is 6.60. The van der Waals surface area contributed by atoms with Crippen molar-refractivity contribution in [2.24, 2.45) is 11.3 Å². The number of anilines is 1. The summed E-state index contributed by atoms with van der Waals surface area (Å²) >= 11 is 1.47. The Morgan fingerprint density at radius 1 is 1.30 bits per heavy atom. The third-order valence-corrected chi connectivity index (χ3v) is 6.24. The molecule has 1 unspecified atom stereocenters. The zero-order valence-electron chi connectivity index (χ0n) is 14.4. The lowest BCUT2D eigenvalue weighted by molar-refractivity contribution is 0.0600. The summed E-state index contributed by atoms with van der Waals surface area (Å²) in [5.41, 5.74) is 1.78. The van der Waals surface area contributed by atoms with E-state index >= 15 is 0 Å². The highest BCUT2D eigenvalue weighted by Crippen LogP contribution is 2.45. The zero-order chi connectivity index (χ0) is 17.2. The van der Waals surface area contributed by atoms with Gasteiger partial charge in [-0.3, -0.25) is 5.32 Å². The third-order valence-electron chi connectivity index (χ3n) is 5.07. The first kappa shape index (κ1) is 17.8. The summed E-state index contributed by atoms with van der Waals surface area (Å²) in [7, 11) is 2.67. The zero-order valence-corrected chi connectivity index (χ0v) is 15.3. The quantitative estimate of drug-likeness (QED) is 0.833. The van der Waals surface area contributed by atoms with Crippen LogP contribution in [-0.4, -0.2) is 26.3 Å². The van der Waals surface area contributed by atoms with E-state index in [1.807, 2.05) is 0 Å². The second kappa shape index (κ2) is 6.91. The van der Waals surface area contributed by atoms with Crippen LogP contribution in [0.3, 0.4) is 0 Å². The largest absolute Gasteiger partial charge is 0.465 e. The lowest BCUT2D eigenvalue weighted by Gasteiger charge is -2.36. The van der Waals surface area contributed by atoms with Gasteiger partial charge in [-0.05, 0) is 36.2 Å². The van der Waals surface area contributed by atoms with Gasteiger partial charge in [0.25, 0.3) is 0 Å². The normalized spacial score (nSPS) is 17.3. The number of nitrogens with one attached hydrogen (secondary N) is 1. The van der Waals surface area contributed by atoms with Crippen molar-refractivity contribution in [2.75, 3.05) is 19.5 Å². The van der Waals surface area contributed by atoms with Crippen LogP contribution in [0.1, 0.15) is 54.4 Å². The molecule has 1 aliphatic carbocycles. The van der Waals surface area contributed by atoms with Crippen LogP contribution in [0.2, 0.25) is 0 Å². The lowest BCUT2D eigenvalue weighted by atomic mass is 9.69. The summed E-state index contributed by atoms with van der Waals surface area (Å²) in [5.74, 6) is 0.178. The standard InChI is InChI=1S/C17H25NO4S/c1-6-17(2,3)10-7-8-11-12(9-10)23-14(18-16(20)22-5)13(11)15(19)21-4/h10H,6-9H2,1-5H3,(H,18,20). The molecule has 0 bridgehead atoms. The van der Waals surface area contributed by atoms with Gasteiger partial charge in [0.1, 0.15) is 5.00 Å². The number of carbonyl (C=O) groups excluding carboxylic acids is 2. The van der Waals surface area contributed by atoms with Crippen LogP contribution in [0.5, 0.6) is 0 Å². The molecule has 1 amide bonds. The van der Waals surface area contributed by atoms with Gasteiger partial charge in [-0.15, -0.1) is 11.3 Å². The van der Waals surface area contributed by atoms with Crippen LogP contribution in [0, 0.1) is 11.3 Å². The van der Waals surface area contributed by atoms with Gasteiger partial charge in [-0.1, -0.05) is 27.2 Å². The molecule has 2 rings (SSSR count). The Kier molecular flexibility index (Phi) is 5.34. The summed E-state index contributed by atoms with van der Waals surface area (Å²) in [6.07, 6.45) is 3.38. The van der Waals surface area contributed by atoms with Crippen molar-refractivity contribution in [1.82, 2.24) is 0 Å². The van der Waals surface area contributed by atoms with Gasteiger partial charge in [-0.2, -0.15) is 0 Å². The molecule has 0 aromatic carbocycles. The van der Waals surface area contributed by atoms with E-state index in [0.29, 0.717) is 16.5 Å². The van der Waals surface area contributed by atoms with Gasteiger partial charge in [0, 0.05) is 4.88 Å². The van der Waals surface area contributed by atoms with E-state index in [1.54, 1.807) is 0 Å². The average Bonchev–Trinajstić information content (AvgIpc) is 2.90. The first-order chi connectivity index (χ1) is 10.8. The van der Waals surface area contributed by atoms with Crippen molar-refractivity contribution < 1.29 is 19.1 Å². The van der Waals surface area contributed by atoms with Gasteiger partial charge in [0.15, 0.2) is 0 Å². The van der Waals surface area contributed by atoms with Crippen LogP contribution >= 0.6 is 11.3 Å². The predicted octanol–water partition coefficient (Wildman–Crippen LogP) is 4.25. The predicted molar refractivity (Wildman–Crippen MR) is 91.3 cm³/mol. The molecular formula is C17H25NO4S. The fourth-order valence-corrected chi connectivity index (χ4v) is 4.39. The van der Waals surface area contributed by atoms with E-state index in [0.717, 1.165) is 31.2 Å². The number of hydrogen-bond donors (Lipinski definition) is 1. The van der Waals surface area contributed by atoms with Gasteiger partial charge >= 0.3 is 12.1 Å². The molecule has 6 heteroatoms. The van der Waals surface area contributed by atoms with E-state index in [2.05, 4.69) is 30.8 Å². The number of hydrogen-bond acceptors (Lipinski definition) is 5. The second-order valence-corrected chi connectivity index (χ2v) is 7.70. The summed E-state index contributed by atoms with van der Waals surface area (Å²) in [6, 6.07) is 0. The molecule has 1 aromatic heterocycles. The fraction of sp³-hybridized carbons (Fsp3) is 0.647. The maximum atomic E-state index is 12.2. The molecule has 23 heavy (non-hydrogen) atoms. The highest BCUT2D eigenvalue weighted by atomic mass is 32.1. The number of methoxy groups -OCH3 is 2. The van der Waals surface area contributed by atoms with Gasteiger partial charge in [-0.25, -0.2) is 9.59 Å². The minimum absolute atomic E-state index is 0.267. The fourth-order valence-electron chi connectivity index (χ4n) is 3.09. The Balaban J connectivity index is 2.38. The topological polar surface area (TPSA) is 64.6 Å². The Morgan fingerprint density at radius 3 is 2.57 bits per heavy atom. The van der Waals surface area contributed by atoms with Crippen molar-refractivity contribution in [3.63, 3.8) is 0 Å². The molecule has 0 saturated carbocycles. The van der Waals surface area contributed by atoms with E-state index in [-0.39, 0.29) is 5.41 Å². The minimum atomic E-state index is -0.570. The first-order valence-electron chi connectivity index (χ1n) is 7.91. The molecule has 0 spiro atoms. The number of rotatable bonds is 4. The summed E-state index contributed by atoms with van der Waals surface area (Å²) < 4.78 is 9.56. The van der Waals surface area contributed by atoms with Crippen LogP contribution < -0.4 is 5.32 Å². The van der Waals surface area contributed by atoms with Crippen LogP contribution in [0.25, 0.3) is 0 Å². The summed E-state index contributed by atoms with van der Waals surface area (Å²) in [6.45, 7) is 6.81. The average molecular weight is 339 g/mol. The van der Waals surface area contributed by atoms with Crippen LogP contribution in [-0.2, 0) is 22.3 Å². The molecule has 128 valence electrons. The summed E-state index contributed by atoms with van der Waals surface area (Å²) in [5, 5.41) is 3.19. The number of thiophene rings is 1. The number of esters is 1. The lowest BCUT2D eigenvalue weighted by Crippen LogP contribution is -2.28. The first-order valence-corrected chi connectivity index (χ1v) is 8.73. The van der Waals surface area contributed by atoms with Crippen molar-refractivity contribution in [3.8, 4) is 0 Å². The molecule has 0 radical (unpaired) electrons. The van der Waals surface area contributed by atoms with E-state index in [4.69, 9.17) is 4.74 Å². The molecule has 1 aromatic rings. The highest BCUT2D eigenvalue weighted by Gasteiger charge is 2.35. The maximum Gasteiger partial charge on any atom is 0.411 e. The Morgan fingerprint density at radius 2 is 2.00 bits per heavy atom. The van der Waals surface area contributed by atoms with Crippen LogP contribution in [0.15, 0.2) is 0 Å². The molecule has 1 N–H and O–H groups in total. The molecule has 0 saturated heterocycles. The maximum absolute atomic E-state index is 12.2. The molecule has 0 fully saturated rings. The van der Waals surface area contributed by atoms with Gasteiger partial charge in [0.05, 0.1) is 19.8 Å². The summed E-state index contributed by atoms with van der Waals surface area (Å²) in [4.78, 5) is 24.9. The number of amides is 1. The molecule has 1 atom stereocenters. The van der Waals surface area contributed by atoms with Crippen molar-refractivity contribution >= 4 is 28.4 Å². The van der Waals surface area contributed by atoms with E-state index in [1.165, 1.54) is 30.4 Å². The Labute approximate surface area is 141 Å². The Bertz CT molecular complexity index is 606. The van der Waals surface area contributed by atoms with Crippen LogP contribution in [0.4, 0.5) is 9.80 Å². The highest BCUT2D eigenvalue weighted by molar-refractivity contribution is 7.17. The molecule has 5 nitrogen and oxygen atoms in total. The number of fused-ring (bicyclic) bond motifs is 1. The minimum Gasteiger partial charge on any atom is -0.465 e. The SMILES string of the molecule is CCC(C)(C)C1CCc2c(sc(NC(=O)OC)c2C(=O)OC)C1. The van der Waals surface area contributed by atoms with E-state index < -0.39 is 12.1 Å². The smallest absolute Gasteiger partial charge is 0.411 e. The Hall–Kier alpha value is -1.56. The molecular weight excluding hydrogens is 314 g/mol. The van der Waals surface area contributed by atoms with E-state index in [9.17, 15) is 9.59 Å². The van der Waals surface area contributed by atoms with Crippen molar-refractivity contribution in [2.45, 2.75) is 46.5 Å².